The number of Topliss-reactive ketones (excluding diaryl/α,β-unsaturated/α-hetero) is 2. The van der Waals surface area contributed by atoms with E-state index in [-0.39, 0.29) is 80.3 Å². The molecule has 0 saturated carbocycles. The van der Waals surface area contributed by atoms with E-state index in [1.165, 1.54) is 38.5 Å². The molecule has 3 fully saturated rings. The molecule has 2 amide bonds. The van der Waals surface area contributed by atoms with E-state index in [4.69, 9.17) is 51.6 Å². The molecule has 26 heteroatoms. The molecule has 6 rings (SSSR count). The summed E-state index contributed by atoms with van der Waals surface area (Å²) in [6.45, 7) is 2.51. The van der Waals surface area contributed by atoms with Crippen molar-refractivity contribution in [3.05, 3.63) is 46.3 Å². The highest BCUT2D eigenvalue weighted by Crippen LogP contribution is 2.31. The Balaban J connectivity index is 0.000000222. The van der Waals surface area contributed by atoms with Crippen LogP contribution >= 0.6 is 11.8 Å². The number of carbonyl (C=O) groups excluding carboxylic acids is 4. The molecule has 0 bridgehead atoms. The fourth-order valence-electron chi connectivity index (χ4n) is 5.93. The first-order valence-corrected chi connectivity index (χ1v) is 19.6. The molecule has 7 unspecified atom stereocenters. The van der Waals surface area contributed by atoms with Crippen LogP contribution in [-0.4, -0.2) is 154 Å². The summed E-state index contributed by atoms with van der Waals surface area (Å²) in [6, 6.07) is 0.0320. The number of hydrogen-bond donors (Lipinski definition) is 8. The average Bonchev–Trinajstić information content (AvgIpc) is 3.96. The van der Waals surface area contributed by atoms with E-state index in [9.17, 15) is 43.1 Å². The van der Waals surface area contributed by atoms with Crippen molar-refractivity contribution in [2.75, 3.05) is 31.3 Å². The number of ketones is 2. The number of aromatic nitrogens is 2. The number of nitrogen functional groups attached to an aromatic ring is 1. The molecule has 5 aliphatic rings. The van der Waals surface area contributed by atoms with Crippen LogP contribution in [0.15, 0.2) is 45.7 Å². The van der Waals surface area contributed by atoms with E-state index in [2.05, 4.69) is 15.0 Å². The molecule has 3 saturated heterocycles. The Morgan fingerprint density at radius 2 is 1.49 bits per heavy atom. The molecule has 61 heavy (non-hydrogen) atoms. The number of carboxylic acids is 2. The minimum Gasteiger partial charge on any atom is -0.481 e. The van der Waals surface area contributed by atoms with Gasteiger partial charge in [0.2, 0.25) is 16.7 Å². The van der Waals surface area contributed by atoms with Gasteiger partial charge in [-0.1, -0.05) is 0 Å². The minimum absolute atomic E-state index is 0.0228. The molecule has 10 N–H and O–H groups in total. The second-order valence-corrected chi connectivity index (χ2v) is 15.0. The summed E-state index contributed by atoms with van der Waals surface area (Å²) >= 11 is 1.47. The zero-order valence-corrected chi connectivity index (χ0v) is 33.8. The van der Waals surface area contributed by atoms with Crippen LogP contribution in [0.5, 0.6) is 0 Å². The summed E-state index contributed by atoms with van der Waals surface area (Å²) in [4.78, 5) is 86.6. The largest absolute Gasteiger partial charge is 0.481 e. The van der Waals surface area contributed by atoms with Crippen LogP contribution in [-0.2, 0) is 43.0 Å². The Morgan fingerprint density at radius 1 is 0.934 bits per heavy atom. The second-order valence-electron chi connectivity index (χ2n) is 13.8. The number of alkyl halides is 1. The van der Waals surface area contributed by atoms with Gasteiger partial charge in [0, 0.05) is 54.8 Å². The van der Waals surface area contributed by atoms with E-state index >= 15 is 0 Å². The van der Waals surface area contributed by atoms with E-state index in [1.54, 1.807) is 26.1 Å². The molecule has 1 aromatic heterocycles. The van der Waals surface area contributed by atoms with Gasteiger partial charge >= 0.3 is 17.6 Å². The number of rotatable bonds is 11. The van der Waals surface area contributed by atoms with Gasteiger partial charge in [0.1, 0.15) is 65.0 Å². The molecular weight excluding hydrogens is 837 g/mol. The number of carbonyl (C=O) groups is 6. The van der Waals surface area contributed by atoms with E-state index in [0.29, 0.717) is 23.3 Å². The van der Waals surface area contributed by atoms with Crippen molar-refractivity contribution in [1.82, 2.24) is 24.3 Å². The molecule has 0 radical (unpaired) electrons. The van der Waals surface area contributed by atoms with Gasteiger partial charge in [-0.2, -0.15) is 4.98 Å². The number of aliphatic carboxylic acids is 2. The number of nitrogens with two attached hydrogens (primary N) is 2. The predicted octanol–water partition coefficient (Wildman–Crippen LogP) is -1.48. The first-order chi connectivity index (χ1) is 28.8. The number of carboxylic acid groups (broad SMARTS) is 2. The van der Waals surface area contributed by atoms with Gasteiger partial charge in [0.15, 0.2) is 17.6 Å². The predicted molar refractivity (Wildman–Crippen MR) is 206 cm³/mol. The minimum atomic E-state index is -1.29. The maximum atomic E-state index is 13.4. The third-order valence-electron chi connectivity index (χ3n) is 9.33. The Morgan fingerprint density at radius 3 is 1.95 bits per heavy atom. The molecule has 6 heterocycles. The Labute approximate surface area is 350 Å². The first kappa shape index (κ1) is 50.0. The second kappa shape index (κ2) is 23.6. The SMILES string of the molecule is CC1=CN(C2CC(F)C(CO)O2)C(=O)CC1=O.CC1=CN(C2CC(N=[N+]=N)C(CO)O2)C(=O)CC1=O.NC(CCC(=O)O)C(=O)O.Nc1ccn([C@@H]2CS[C@H](CO)O2)c(=O)n1. The summed E-state index contributed by atoms with van der Waals surface area (Å²) in [7, 11) is 0. The third-order valence-corrected chi connectivity index (χ3v) is 10.4. The quantitative estimate of drug-likeness (QED) is 0.0714. The van der Waals surface area contributed by atoms with Gasteiger partial charge < -0.3 is 51.2 Å². The van der Waals surface area contributed by atoms with E-state index in [0.717, 1.165) is 0 Å². The first-order valence-electron chi connectivity index (χ1n) is 18.5. The summed E-state index contributed by atoms with van der Waals surface area (Å²) in [5, 5.41) is 46.9. The van der Waals surface area contributed by atoms with Crippen molar-refractivity contribution >= 4 is 52.9 Å². The van der Waals surface area contributed by atoms with Crippen molar-refractivity contribution in [1.29, 1.82) is 5.53 Å². The van der Waals surface area contributed by atoms with Crippen LogP contribution in [0.4, 0.5) is 10.2 Å². The van der Waals surface area contributed by atoms with Crippen molar-refractivity contribution in [2.45, 2.75) is 107 Å². The lowest BCUT2D eigenvalue weighted by Crippen LogP contribution is -2.40. The number of nitrogens with one attached hydrogen (secondary N) is 1. The van der Waals surface area contributed by atoms with Crippen LogP contribution in [0.1, 0.15) is 58.6 Å². The standard InChI is InChI=1S/C11H14FNO4.C11H15N4O4.C8H11N3O3S.C5H9NO4/c1-6-4-13(10(16)3-8(6)15)11-2-7(12)9(5-14)17-11;1-6-4-15(10(18)3-8(6)17)11-2-7(13-14-12)9(5-16)19-11;9-5-1-2-11(8(13)10-5)6-4-15-7(3-12)14-6;6-3(5(9)10)1-2-4(7)8/h4,7,9,11,14H,2-3,5H2,1H3;4,7,9,11-12,16H,2-3,5H2,1H3;1-2,6-7,12H,3-4H2,(H2,9,10,13);3H,1-2,6H2,(H,7,8)(H,9,10)/q;+1;;/t;;6-,7+;/m..0./s1. The fourth-order valence-corrected chi connectivity index (χ4v) is 6.86. The van der Waals surface area contributed by atoms with Crippen LogP contribution < -0.4 is 22.1 Å². The number of aliphatic hydroxyl groups excluding tert-OH is 3. The number of ether oxygens (including phenoxy) is 3. The van der Waals surface area contributed by atoms with Gasteiger partial charge in [-0.3, -0.25) is 43.1 Å². The Kier molecular flexibility index (Phi) is 19.4. The monoisotopic (exact) mass is 886 g/mol. The number of halogens is 1. The molecule has 0 aliphatic carbocycles. The number of thioether (sulfide) groups is 1. The lowest BCUT2D eigenvalue weighted by molar-refractivity contribution is -0.145. The van der Waals surface area contributed by atoms with E-state index < -0.39 is 73.1 Å². The van der Waals surface area contributed by atoms with E-state index in [1.807, 2.05) is 0 Å². The highest BCUT2D eigenvalue weighted by Gasteiger charge is 2.43. The highest BCUT2D eigenvalue weighted by molar-refractivity contribution is 8.00. The summed E-state index contributed by atoms with van der Waals surface area (Å²) in [5.41, 5.74) is 17.3. The van der Waals surface area contributed by atoms with Crippen LogP contribution in [0.2, 0.25) is 0 Å². The van der Waals surface area contributed by atoms with Gasteiger partial charge in [-0.05, 0) is 26.3 Å². The molecular formula is C35H49FN9O15S+. The van der Waals surface area contributed by atoms with Gasteiger partial charge in [0.05, 0.1) is 32.7 Å². The average molecular weight is 887 g/mol. The van der Waals surface area contributed by atoms with Crippen LogP contribution in [0.25, 0.3) is 0 Å². The number of amides is 2. The van der Waals surface area contributed by atoms with Crippen molar-refractivity contribution in [3.63, 3.8) is 0 Å². The van der Waals surface area contributed by atoms with Gasteiger partial charge in [-0.25, -0.2) is 9.18 Å². The van der Waals surface area contributed by atoms with Crippen LogP contribution in [0.3, 0.4) is 0 Å². The summed E-state index contributed by atoms with van der Waals surface area (Å²) < 4.78 is 30.9. The molecule has 0 aromatic carbocycles. The number of allylic oxidation sites excluding steroid dienone is 2. The Hall–Kier alpha value is -5.31. The number of nitrogens with zero attached hydrogens (tertiary/aromatic N) is 6. The Bertz CT molecular complexity index is 1950. The zero-order valence-electron chi connectivity index (χ0n) is 33.0. The maximum Gasteiger partial charge on any atom is 0.351 e. The molecule has 9 atom stereocenters. The molecule has 0 spiro atoms. The normalized spacial score (nSPS) is 27.6. The number of anilines is 1. The van der Waals surface area contributed by atoms with Crippen molar-refractivity contribution in [2.24, 2.45) is 10.8 Å². The highest BCUT2D eigenvalue weighted by atomic mass is 32.2. The lowest BCUT2D eigenvalue weighted by Gasteiger charge is -2.28. The van der Waals surface area contributed by atoms with Gasteiger partial charge in [0.25, 0.3) is 0 Å². The molecule has 24 nitrogen and oxygen atoms in total. The molecule has 336 valence electrons. The zero-order chi connectivity index (χ0) is 45.6. The number of hydrogen-bond acceptors (Lipinski definition) is 19. The summed E-state index contributed by atoms with van der Waals surface area (Å²) in [6.07, 6.45) is -0.256. The topological polar surface area (TPSA) is 375 Å². The molecule has 5 aliphatic heterocycles. The van der Waals surface area contributed by atoms with Crippen molar-refractivity contribution < 1.29 is 72.9 Å². The van der Waals surface area contributed by atoms with Crippen molar-refractivity contribution in [3.8, 4) is 0 Å². The smallest absolute Gasteiger partial charge is 0.351 e. The third kappa shape index (κ3) is 14.4. The summed E-state index contributed by atoms with van der Waals surface area (Å²) in [5.74, 6) is -2.52. The maximum absolute atomic E-state index is 13.4. The van der Waals surface area contributed by atoms with Gasteiger partial charge in [-0.15, -0.1) is 11.8 Å². The fraction of sp³-hybridized carbons (Fsp3) is 0.600. The molecule has 1 aromatic rings. The van der Waals surface area contributed by atoms with Crippen LogP contribution in [0, 0.1) is 5.53 Å². The lowest BCUT2D eigenvalue weighted by atomic mass is 10.1. The number of aliphatic hydroxyl groups is 3.